The smallest absolute Gasteiger partial charge is 0.255 e. The van der Waals surface area contributed by atoms with Crippen molar-refractivity contribution in [3.63, 3.8) is 0 Å². The lowest BCUT2D eigenvalue weighted by molar-refractivity contribution is 0.102. The van der Waals surface area contributed by atoms with E-state index in [1.165, 1.54) is 0 Å². The molecule has 0 aliphatic rings. The number of aromatic nitrogens is 2. The lowest BCUT2D eigenvalue weighted by Crippen LogP contribution is -2.12. The fourth-order valence-corrected chi connectivity index (χ4v) is 3.31. The summed E-state index contributed by atoms with van der Waals surface area (Å²) in [5.74, 6) is -1.71. The van der Waals surface area contributed by atoms with Gasteiger partial charge in [-0.1, -0.05) is 24.3 Å². The number of phenolic OH excluding ortho intramolecular Hbond substituents is 3. The molecule has 4 rings (SSSR count). The first kappa shape index (κ1) is 20.0. The lowest BCUT2D eigenvalue weighted by Gasteiger charge is -2.13. The van der Waals surface area contributed by atoms with Crippen molar-refractivity contribution in [1.29, 1.82) is 0 Å². The number of amides is 1. The van der Waals surface area contributed by atoms with Gasteiger partial charge < -0.3 is 30.9 Å². The van der Waals surface area contributed by atoms with Crippen LogP contribution in [0.4, 0.5) is 17.2 Å². The van der Waals surface area contributed by atoms with Crippen LogP contribution in [0.5, 0.6) is 17.2 Å². The average molecular weight is 434 g/mol. The number of nitrogens with zero attached hydrogens (tertiary/aromatic N) is 1. The van der Waals surface area contributed by atoms with E-state index in [1.54, 1.807) is 29.0 Å². The predicted molar refractivity (Wildman–Crippen MR) is 120 cm³/mol. The Bertz CT molecular complexity index is 1290. The number of imidazole rings is 1. The largest absolute Gasteiger partial charge is 0.504 e. The SMILES string of the molecule is O=C(Nc1cccc(-n2c(Nc3ccccc3)c[nH]c2=S)c1)c1cc(O)c(O)c(O)c1. The van der Waals surface area contributed by atoms with Gasteiger partial charge in [0.15, 0.2) is 22.0 Å². The van der Waals surface area contributed by atoms with Crippen molar-refractivity contribution in [2.75, 3.05) is 10.6 Å². The molecule has 9 heteroatoms. The molecular weight excluding hydrogens is 416 g/mol. The molecule has 1 amide bonds. The first-order chi connectivity index (χ1) is 14.9. The van der Waals surface area contributed by atoms with Crippen molar-refractivity contribution in [2.45, 2.75) is 0 Å². The van der Waals surface area contributed by atoms with E-state index in [-0.39, 0.29) is 5.56 Å². The highest BCUT2D eigenvalue weighted by Gasteiger charge is 2.14. The molecule has 31 heavy (non-hydrogen) atoms. The van der Waals surface area contributed by atoms with Gasteiger partial charge in [0, 0.05) is 23.1 Å². The third-order valence-corrected chi connectivity index (χ3v) is 4.82. The molecule has 0 saturated carbocycles. The van der Waals surface area contributed by atoms with Crippen LogP contribution in [0, 0.1) is 4.77 Å². The Balaban J connectivity index is 1.62. The molecule has 1 heterocycles. The second-order valence-corrected chi connectivity index (χ2v) is 7.06. The normalized spacial score (nSPS) is 10.6. The summed E-state index contributed by atoms with van der Waals surface area (Å²) < 4.78 is 2.26. The van der Waals surface area contributed by atoms with Crippen LogP contribution < -0.4 is 10.6 Å². The Hall–Kier alpha value is -4.24. The molecule has 0 aliphatic heterocycles. The molecule has 8 nitrogen and oxygen atoms in total. The molecule has 1 aromatic heterocycles. The van der Waals surface area contributed by atoms with Gasteiger partial charge >= 0.3 is 0 Å². The topological polar surface area (TPSA) is 123 Å². The van der Waals surface area contributed by atoms with E-state index in [9.17, 15) is 20.1 Å². The van der Waals surface area contributed by atoms with Crippen LogP contribution in [-0.4, -0.2) is 30.8 Å². The van der Waals surface area contributed by atoms with Crippen LogP contribution in [0.2, 0.25) is 0 Å². The number of carbonyl (C=O) groups excluding carboxylic acids is 1. The van der Waals surface area contributed by atoms with Crippen LogP contribution in [-0.2, 0) is 0 Å². The lowest BCUT2D eigenvalue weighted by atomic mass is 10.1. The van der Waals surface area contributed by atoms with Gasteiger partial charge in [0.1, 0.15) is 5.82 Å². The third-order valence-electron chi connectivity index (χ3n) is 4.52. The van der Waals surface area contributed by atoms with Crippen molar-refractivity contribution in [3.05, 3.63) is 83.3 Å². The summed E-state index contributed by atoms with van der Waals surface area (Å²) >= 11 is 5.42. The Labute approximate surface area is 182 Å². The van der Waals surface area contributed by atoms with Crippen molar-refractivity contribution in [2.24, 2.45) is 0 Å². The average Bonchev–Trinajstić information content (AvgIpc) is 3.12. The van der Waals surface area contributed by atoms with Gasteiger partial charge in [-0.05, 0) is 54.7 Å². The number of aromatic amines is 1. The van der Waals surface area contributed by atoms with E-state index in [2.05, 4.69) is 15.6 Å². The fraction of sp³-hybridized carbons (Fsp3) is 0. The number of rotatable bonds is 5. The Morgan fingerprint density at radius 3 is 2.29 bits per heavy atom. The molecule has 0 unspecified atom stereocenters. The molecule has 0 radical (unpaired) electrons. The maximum atomic E-state index is 12.5. The number of anilines is 3. The summed E-state index contributed by atoms with van der Waals surface area (Å²) in [5, 5.41) is 34.7. The van der Waals surface area contributed by atoms with E-state index in [1.807, 2.05) is 36.4 Å². The highest BCUT2D eigenvalue weighted by atomic mass is 32.1. The zero-order valence-corrected chi connectivity index (χ0v) is 16.9. The Kier molecular flexibility index (Phi) is 5.33. The van der Waals surface area contributed by atoms with Gasteiger partial charge in [0.25, 0.3) is 5.91 Å². The zero-order valence-electron chi connectivity index (χ0n) is 16.0. The molecule has 0 bridgehead atoms. The Morgan fingerprint density at radius 1 is 0.903 bits per heavy atom. The third kappa shape index (κ3) is 4.21. The molecule has 0 saturated heterocycles. The monoisotopic (exact) mass is 434 g/mol. The molecule has 0 atom stereocenters. The van der Waals surface area contributed by atoms with Crippen molar-refractivity contribution < 1.29 is 20.1 Å². The number of para-hydroxylation sites is 1. The summed E-state index contributed by atoms with van der Waals surface area (Å²) in [4.78, 5) is 15.6. The minimum Gasteiger partial charge on any atom is -0.504 e. The minimum absolute atomic E-state index is 0.0112. The summed E-state index contributed by atoms with van der Waals surface area (Å²) in [6, 6.07) is 18.8. The number of H-pyrrole nitrogens is 1. The Morgan fingerprint density at radius 2 is 1.58 bits per heavy atom. The first-order valence-electron chi connectivity index (χ1n) is 9.21. The molecule has 4 aromatic rings. The fourth-order valence-electron chi connectivity index (χ4n) is 3.05. The second-order valence-electron chi connectivity index (χ2n) is 6.67. The number of hydrogen-bond donors (Lipinski definition) is 6. The van der Waals surface area contributed by atoms with E-state index >= 15 is 0 Å². The second kappa shape index (κ2) is 8.25. The van der Waals surface area contributed by atoms with Crippen LogP contribution in [0.3, 0.4) is 0 Å². The first-order valence-corrected chi connectivity index (χ1v) is 9.62. The highest BCUT2D eigenvalue weighted by Crippen LogP contribution is 2.35. The van der Waals surface area contributed by atoms with E-state index in [0.717, 1.165) is 17.8 Å². The van der Waals surface area contributed by atoms with E-state index in [4.69, 9.17) is 12.2 Å². The van der Waals surface area contributed by atoms with E-state index in [0.29, 0.717) is 22.0 Å². The highest BCUT2D eigenvalue weighted by molar-refractivity contribution is 7.71. The van der Waals surface area contributed by atoms with Gasteiger partial charge in [-0.3, -0.25) is 9.36 Å². The predicted octanol–water partition coefficient (Wildman–Crippen LogP) is 4.65. The number of benzene rings is 3. The quantitative estimate of drug-likeness (QED) is 0.201. The summed E-state index contributed by atoms with van der Waals surface area (Å²) in [7, 11) is 0. The standard InChI is InChI=1S/C22H18N4O4S/c27-17-9-13(10-18(28)20(17)29)21(30)25-15-7-4-8-16(11-15)26-19(12-23-22(26)31)24-14-5-2-1-3-6-14/h1-12,24,27-29H,(H,23,31)(H,25,30). The number of phenols is 3. The van der Waals surface area contributed by atoms with Gasteiger partial charge in [0.2, 0.25) is 0 Å². The molecule has 6 N–H and O–H groups in total. The number of aromatic hydroxyl groups is 3. The minimum atomic E-state index is -0.682. The summed E-state index contributed by atoms with van der Waals surface area (Å²) in [6.07, 6.45) is 1.75. The number of hydrogen-bond acceptors (Lipinski definition) is 6. The van der Waals surface area contributed by atoms with Crippen LogP contribution >= 0.6 is 12.2 Å². The van der Waals surface area contributed by atoms with Crippen molar-refractivity contribution in [3.8, 4) is 22.9 Å². The van der Waals surface area contributed by atoms with Gasteiger partial charge in [-0.2, -0.15) is 0 Å². The van der Waals surface area contributed by atoms with Gasteiger partial charge in [-0.15, -0.1) is 0 Å². The molecule has 0 fully saturated rings. The maximum absolute atomic E-state index is 12.5. The molecular formula is C22H18N4O4S. The number of carbonyl (C=O) groups is 1. The van der Waals surface area contributed by atoms with Crippen molar-refractivity contribution in [1.82, 2.24) is 9.55 Å². The van der Waals surface area contributed by atoms with Crippen LogP contribution in [0.15, 0.2) is 72.9 Å². The molecule has 0 spiro atoms. The van der Waals surface area contributed by atoms with Crippen molar-refractivity contribution >= 4 is 35.3 Å². The van der Waals surface area contributed by atoms with Crippen LogP contribution in [0.1, 0.15) is 10.4 Å². The van der Waals surface area contributed by atoms with Gasteiger partial charge in [0.05, 0.1) is 5.69 Å². The molecule has 0 aliphatic carbocycles. The summed E-state index contributed by atoms with van der Waals surface area (Å²) in [6.45, 7) is 0. The van der Waals surface area contributed by atoms with E-state index < -0.39 is 23.2 Å². The molecule has 3 aromatic carbocycles. The van der Waals surface area contributed by atoms with Gasteiger partial charge in [-0.25, -0.2) is 0 Å². The van der Waals surface area contributed by atoms with Crippen LogP contribution in [0.25, 0.3) is 5.69 Å². The molecule has 156 valence electrons. The zero-order chi connectivity index (χ0) is 22.0. The number of nitrogens with one attached hydrogen (secondary N) is 3. The summed E-state index contributed by atoms with van der Waals surface area (Å²) in [5.41, 5.74) is 2.06. The maximum Gasteiger partial charge on any atom is 0.255 e.